The smallest absolute Gasteiger partial charge is 0.281 e. The van der Waals surface area contributed by atoms with Crippen LogP contribution in [-0.4, -0.2) is 16.0 Å². The molecule has 0 radical (unpaired) electrons. The number of aromatic nitrogens is 1. The second kappa shape index (κ2) is 7.81. The van der Waals surface area contributed by atoms with E-state index in [0.717, 1.165) is 12.1 Å². The summed E-state index contributed by atoms with van der Waals surface area (Å²) in [5, 5.41) is 20.2. The number of hydrogen-bond acceptors (Lipinski definition) is 4. The van der Waals surface area contributed by atoms with Gasteiger partial charge in [-0.2, -0.15) is 5.26 Å². The summed E-state index contributed by atoms with van der Waals surface area (Å²) in [4.78, 5) is 4.21. The fourth-order valence-corrected chi connectivity index (χ4v) is 5.40. The molecule has 174 valence electrons. The van der Waals surface area contributed by atoms with Crippen molar-refractivity contribution in [3.63, 3.8) is 0 Å². The molecular weight excluding hydrogens is 446 g/mol. The van der Waals surface area contributed by atoms with Crippen LogP contribution in [-0.2, 0) is 6.42 Å². The van der Waals surface area contributed by atoms with Gasteiger partial charge in [-0.25, -0.2) is 22.5 Å². The van der Waals surface area contributed by atoms with Crippen LogP contribution in [0.15, 0.2) is 36.4 Å². The van der Waals surface area contributed by atoms with Gasteiger partial charge in [-0.1, -0.05) is 12.1 Å². The first-order valence-electron chi connectivity index (χ1n) is 10.9. The van der Waals surface area contributed by atoms with Gasteiger partial charge in [0.1, 0.15) is 23.9 Å². The Labute approximate surface area is 193 Å². The molecule has 4 nitrogen and oxygen atoms in total. The molecule has 3 N–H and O–H groups in total. The van der Waals surface area contributed by atoms with Crippen molar-refractivity contribution in [2.24, 2.45) is 0 Å². The van der Waals surface area contributed by atoms with Crippen molar-refractivity contribution in [1.29, 1.82) is 5.26 Å². The number of fused-ring (bicyclic) bond motifs is 2. The van der Waals surface area contributed by atoms with Crippen molar-refractivity contribution in [2.75, 3.05) is 5.73 Å². The third kappa shape index (κ3) is 3.34. The van der Waals surface area contributed by atoms with Crippen molar-refractivity contribution in [3.05, 3.63) is 81.3 Å². The minimum absolute atomic E-state index is 0.0162. The molecular formula is C26H21F4N3O. The molecule has 0 saturated carbocycles. The maximum absolute atomic E-state index is 14.8. The van der Waals surface area contributed by atoms with Gasteiger partial charge >= 0.3 is 0 Å². The summed E-state index contributed by atoms with van der Waals surface area (Å²) in [5.74, 6) is -4.57. The summed E-state index contributed by atoms with van der Waals surface area (Å²) >= 11 is 0. The molecule has 34 heavy (non-hydrogen) atoms. The SMILES string of the molecule is Cc1ccc(-c2ccc([C@H]3CC[C@H](F)c4cc(F)cc(C#N)c43)c3c2[C@H](O)C(F)(F)C3)c(N)n1. The van der Waals surface area contributed by atoms with E-state index in [-0.39, 0.29) is 40.9 Å². The summed E-state index contributed by atoms with van der Waals surface area (Å²) in [6, 6.07) is 10.7. The first kappa shape index (κ1) is 22.4. The van der Waals surface area contributed by atoms with Gasteiger partial charge in [0.2, 0.25) is 0 Å². The number of nitriles is 1. The summed E-state index contributed by atoms with van der Waals surface area (Å²) in [5.41, 5.74) is 8.68. The second-order valence-electron chi connectivity index (χ2n) is 8.99. The highest BCUT2D eigenvalue weighted by molar-refractivity contribution is 5.79. The summed E-state index contributed by atoms with van der Waals surface area (Å²) in [6.07, 6.45) is -3.89. The van der Waals surface area contributed by atoms with Crippen molar-refractivity contribution in [2.45, 2.75) is 50.3 Å². The van der Waals surface area contributed by atoms with Crippen LogP contribution in [0.5, 0.6) is 0 Å². The Morgan fingerprint density at radius 3 is 2.53 bits per heavy atom. The summed E-state index contributed by atoms with van der Waals surface area (Å²) in [7, 11) is 0. The molecule has 2 aliphatic carbocycles. The normalized spacial score (nSPS) is 22.7. The van der Waals surface area contributed by atoms with Gasteiger partial charge in [-0.3, -0.25) is 0 Å². The van der Waals surface area contributed by atoms with Crippen LogP contribution in [0, 0.1) is 24.1 Å². The fourth-order valence-electron chi connectivity index (χ4n) is 5.40. The molecule has 0 amide bonds. The average Bonchev–Trinajstić information content (AvgIpc) is 3.03. The number of nitrogens with zero attached hydrogens (tertiary/aromatic N) is 2. The number of benzene rings is 2. The van der Waals surface area contributed by atoms with E-state index in [0.29, 0.717) is 27.9 Å². The molecule has 1 heterocycles. The Kier molecular flexibility index (Phi) is 5.14. The Morgan fingerprint density at radius 1 is 1.09 bits per heavy atom. The molecule has 1 aromatic heterocycles. The minimum Gasteiger partial charge on any atom is -0.383 e. The number of pyridine rings is 1. The molecule has 0 spiro atoms. The monoisotopic (exact) mass is 467 g/mol. The van der Waals surface area contributed by atoms with Gasteiger partial charge in [0.25, 0.3) is 5.92 Å². The third-order valence-corrected chi connectivity index (χ3v) is 6.90. The van der Waals surface area contributed by atoms with E-state index < -0.39 is 36.4 Å². The lowest BCUT2D eigenvalue weighted by Crippen LogP contribution is -2.22. The molecule has 2 aliphatic rings. The zero-order chi connectivity index (χ0) is 24.4. The van der Waals surface area contributed by atoms with Crippen molar-refractivity contribution >= 4 is 5.82 Å². The maximum Gasteiger partial charge on any atom is 0.281 e. The van der Waals surface area contributed by atoms with E-state index in [2.05, 4.69) is 4.98 Å². The van der Waals surface area contributed by atoms with Crippen LogP contribution in [0.3, 0.4) is 0 Å². The van der Waals surface area contributed by atoms with E-state index in [1.165, 1.54) is 0 Å². The van der Waals surface area contributed by atoms with Gasteiger partial charge in [-0.15, -0.1) is 0 Å². The lowest BCUT2D eigenvalue weighted by molar-refractivity contribution is -0.0966. The highest BCUT2D eigenvalue weighted by Crippen LogP contribution is 2.53. The van der Waals surface area contributed by atoms with Gasteiger partial charge in [-0.05, 0) is 77.4 Å². The predicted octanol–water partition coefficient (Wildman–Crippen LogP) is 5.81. The molecule has 2 aromatic carbocycles. The van der Waals surface area contributed by atoms with Crippen LogP contribution in [0.25, 0.3) is 11.1 Å². The zero-order valence-electron chi connectivity index (χ0n) is 18.2. The second-order valence-corrected chi connectivity index (χ2v) is 8.99. The lowest BCUT2D eigenvalue weighted by atomic mass is 9.74. The average molecular weight is 467 g/mol. The zero-order valence-corrected chi connectivity index (χ0v) is 18.2. The predicted molar refractivity (Wildman–Crippen MR) is 118 cm³/mol. The number of rotatable bonds is 2. The van der Waals surface area contributed by atoms with Crippen LogP contribution >= 0.6 is 0 Å². The van der Waals surface area contributed by atoms with Gasteiger partial charge < -0.3 is 10.8 Å². The number of nitrogen functional groups attached to an aromatic ring is 1. The van der Waals surface area contributed by atoms with E-state index in [4.69, 9.17) is 5.73 Å². The van der Waals surface area contributed by atoms with E-state index in [9.17, 15) is 27.9 Å². The number of alkyl halides is 3. The van der Waals surface area contributed by atoms with E-state index in [1.54, 1.807) is 31.2 Å². The number of halogens is 4. The standard InChI is InChI=1S/C26H21F4N3O/c1-12-2-3-18(25(32)33-12)17-5-4-15(20-10-26(29,30)24(34)23(17)20)16-6-7-21(28)19-9-14(27)8-13(11-31)22(16)19/h2-5,8-9,16,21,24,34H,6-7,10H2,1H3,(H2,32,33)/t16-,21+,24+/m1/s1. The number of anilines is 1. The van der Waals surface area contributed by atoms with E-state index in [1.807, 2.05) is 6.07 Å². The highest BCUT2D eigenvalue weighted by Gasteiger charge is 2.50. The third-order valence-electron chi connectivity index (χ3n) is 6.90. The Balaban J connectivity index is 1.75. The fraction of sp³-hybridized carbons (Fsp3) is 0.308. The van der Waals surface area contributed by atoms with Gasteiger partial charge in [0, 0.05) is 23.6 Å². The van der Waals surface area contributed by atoms with Crippen LogP contribution in [0.2, 0.25) is 0 Å². The van der Waals surface area contributed by atoms with Gasteiger partial charge in [0.15, 0.2) is 0 Å². The number of nitrogens with two attached hydrogens (primary N) is 1. The summed E-state index contributed by atoms with van der Waals surface area (Å²) in [6.45, 7) is 1.75. The number of aliphatic hydroxyl groups excluding tert-OH is 1. The Bertz CT molecular complexity index is 1370. The number of aliphatic hydroxyl groups is 1. The first-order chi connectivity index (χ1) is 16.1. The maximum atomic E-state index is 14.8. The largest absolute Gasteiger partial charge is 0.383 e. The van der Waals surface area contributed by atoms with E-state index >= 15 is 0 Å². The molecule has 0 aliphatic heterocycles. The van der Waals surface area contributed by atoms with Gasteiger partial charge in [0.05, 0.1) is 11.6 Å². The summed E-state index contributed by atoms with van der Waals surface area (Å²) < 4.78 is 58.5. The Morgan fingerprint density at radius 2 is 1.82 bits per heavy atom. The van der Waals surface area contributed by atoms with Crippen LogP contribution in [0.1, 0.15) is 70.1 Å². The van der Waals surface area contributed by atoms with Crippen molar-refractivity contribution < 1.29 is 22.7 Å². The minimum atomic E-state index is -3.42. The topological polar surface area (TPSA) is 82.9 Å². The highest BCUT2D eigenvalue weighted by atomic mass is 19.3. The van der Waals surface area contributed by atoms with Crippen molar-refractivity contribution in [1.82, 2.24) is 4.98 Å². The number of aryl methyl sites for hydroxylation is 1. The van der Waals surface area contributed by atoms with Crippen LogP contribution < -0.4 is 5.73 Å². The van der Waals surface area contributed by atoms with Crippen molar-refractivity contribution in [3.8, 4) is 17.2 Å². The van der Waals surface area contributed by atoms with Crippen LogP contribution in [0.4, 0.5) is 23.4 Å². The molecule has 5 rings (SSSR count). The molecule has 3 atom stereocenters. The molecule has 0 bridgehead atoms. The first-order valence-corrected chi connectivity index (χ1v) is 10.9. The number of hydrogen-bond donors (Lipinski definition) is 2. The quantitative estimate of drug-likeness (QED) is 0.466. The molecule has 0 unspecified atom stereocenters. The molecule has 0 fully saturated rings. The molecule has 0 saturated heterocycles. The lowest BCUT2D eigenvalue weighted by Gasteiger charge is -2.31. The molecule has 8 heteroatoms. The Hall–Kier alpha value is -3.44. The molecule has 3 aromatic rings.